The summed E-state index contributed by atoms with van der Waals surface area (Å²) in [5.74, 6) is 0.671. The maximum atomic E-state index is 10.1. The van der Waals surface area contributed by atoms with Gasteiger partial charge in [0.1, 0.15) is 11.9 Å². The number of para-hydroxylation sites is 2. The van der Waals surface area contributed by atoms with Gasteiger partial charge in [0.2, 0.25) is 0 Å². The van der Waals surface area contributed by atoms with E-state index in [0.29, 0.717) is 5.82 Å². The van der Waals surface area contributed by atoms with Gasteiger partial charge in [-0.1, -0.05) is 45.0 Å². The van der Waals surface area contributed by atoms with Crippen LogP contribution >= 0.6 is 0 Å². The quantitative estimate of drug-likeness (QED) is 0.762. The molecule has 2 aromatic carbocycles. The molecule has 1 N–H and O–H groups in total. The summed E-state index contributed by atoms with van der Waals surface area (Å²) in [6, 6.07) is 16.5. The molecule has 3 heteroatoms. The van der Waals surface area contributed by atoms with Crippen LogP contribution in [0.2, 0.25) is 0 Å². The van der Waals surface area contributed by atoms with E-state index in [1.165, 1.54) is 5.56 Å². The van der Waals surface area contributed by atoms with Crippen molar-refractivity contribution in [3.05, 3.63) is 59.9 Å². The molecule has 114 valence electrons. The summed E-state index contributed by atoms with van der Waals surface area (Å²) in [6.45, 7) is 8.36. The first-order chi connectivity index (χ1) is 10.4. The van der Waals surface area contributed by atoms with Gasteiger partial charge in [-0.3, -0.25) is 4.57 Å². The first-order valence-electron chi connectivity index (χ1n) is 7.64. The second-order valence-electron chi connectivity index (χ2n) is 6.77. The number of aromatic nitrogens is 2. The van der Waals surface area contributed by atoms with Crippen LogP contribution in [0.15, 0.2) is 48.5 Å². The standard InChI is InChI=1S/C19H22N2O/c1-13(22)18-20-16-7-5-6-8-17(16)21(18)15-11-9-14(10-12-15)19(2,3)4/h5-13,22H,1-4H3. The van der Waals surface area contributed by atoms with E-state index in [1.54, 1.807) is 6.92 Å². The van der Waals surface area contributed by atoms with Gasteiger partial charge < -0.3 is 5.11 Å². The Morgan fingerprint density at radius 3 is 2.23 bits per heavy atom. The Balaban J connectivity index is 2.19. The van der Waals surface area contributed by atoms with Crippen molar-refractivity contribution in [1.29, 1.82) is 0 Å². The maximum absolute atomic E-state index is 10.1. The van der Waals surface area contributed by atoms with Crippen LogP contribution in [0.5, 0.6) is 0 Å². The van der Waals surface area contributed by atoms with E-state index in [-0.39, 0.29) is 5.41 Å². The lowest BCUT2D eigenvalue weighted by atomic mass is 9.87. The molecule has 1 heterocycles. The number of aliphatic hydroxyl groups is 1. The van der Waals surface area contributed by atoms with Crippen molar-refractivity contribution in [2.75, 3.05) is 0 Å². The summed E-state index contributed by atoms with van der Waals surface area (Å²) in [5.41, 5.74) is 4.36. The zero-order valence-corrected chi connectivity index (χ0v) is 13.5. The highest BCUT2D eigenvalue weighted by Crippen LogP contribution is 2.27. The fourth-order valence-electron chi connectivity index (χ4n) is 2.71. The van der Waals surface area contributed by atoms with Crippen LogP contribution in [0.3, 0.4) is 0 Å². The highest BCUT2D eigenvalue weighted by molar-refractivity contribution is 5.78. The van der Waals surface area contributed by atoms with Gasteiger partial charge in [-0.2, -0.15) is 0 Å². The van der Waals surface area contributed by atoms with Gasteiger partial charge in [-0.05, 0) is 42.2 Å². The van der Waals surface area contributed by atoms with Crippen LogP contribution in [-0.4, -0.2) is 14.7 Å². The molecule has 0 bridgehead atoms. The molecule has 1 aromatic heterocycles. The molecule has 0 radical (unpaired) electrons. The number of imidazole rings is 1. The minimum absolute atomic E-state index is 0.128. The van der Waals surface area contributed by atoms with Crippen LogP contribution in [0.25, 0.3) is 16.7 Å². The van der Waals surface area contributed by atoms with Gasteiger partial charge in [0.15, 0.2) is 0 Å². The molecule has 1 unspecified atom stereocenters. The van der Waals surface area contributed by atoms with Crippen molar-refractivity contribution in [2.24, 2.45) is 0 Å². The molecular weight excluding hydrogens is 272 g/mol. The van der Waals surface area contributed by atoms with Crippen molar-refractivity contribution in [1.82, 2.24) is 9.55 Å². The van der Waals surface area contributed by atoms with E-state index < -0.39 is 6.10 Å². The lowest BCUT2D eigenvalue weighted by Crippen LogP contribution is -2.11. The molecule has 3 nitrogen and oxygen atoms in total. The van der Waals surface area contributed by atoms with E-state index >= 15 is 0 Å². The van der Waals surface area contributed by atoms with Crippen molar-refractivity contribution >= 4 is 11.0 Å². The fourth-order valence-corrected chi connectivity index (χ4v) is 2.71. The average molecular weight is 294 g/mol. The molecule has 0 amide bonds. The normalized spacial score (nSPS) is 13.5. The zero-order chi connectivity index (χ0) is 15.9. The minimum Gasteiger partial charge on any atom is -0.385 e. The minimum atomic E-state index is -0.616. The van der Waals surface area contributed by atoms with Crippen LogP contribution in [0, 0.1) is 0 Å². The molecule has 0 saturated heterocycles. The molecule has 0 saturated carbocycles. The van der Waals surface area contributed by atoms with Crippen LogP contribution < -0.4 is 0 Å². The van der Waals surface area contributed by atoms with Crippen molar-refractivity contribution in [3.8, 4) is 5.69 Å². The van der Waals surface area contributed by atoms with Gasteiger partial charge >= 0.3 is 0 Å². The lowest BCUT2D eigenvalue weighted by molar-refractivity contribution is 0.187. The van der Waals surface area contributed by atoms with E-state index in [4.69, 9.17) is 0 Å². The molecule has 3 rings (SSSR count). The first kappa shape index (κ1) is 14.8. The van der Waals surface area contributed by atoms with Crippen molar-refractivity contribution in [2.45, 2.75) is 39.2 Å². The molecule has 3 aromatic rings. The monoisotopic (exact) mass is 294 g/mol. The van der Waals surface area contributed by atoms with Crippen LogP contribution in [0.4, 0.5) is 0 Å². The van der Waals surface area contributed by atoms with Gasteiger partial charge in [0, 0.05) is 5.69 Å². The summed E-state index contributed by atoms with van der Waals surface area (Å²) in [7, 11) is 0. The third-order valence-corrected chi connectivity index (χ3v) is 3.95. The largest absolute Gasteiger partial charge is 0.385 e. The predicted molar refractivity (Wildman–Crippen MR) is 90.4 cm³/mol. The topological polar surface area (TPSA) is 38.1 Å². The Morgan fingerprint density at radius 1 is 1.00 bits per heavy atom. The number of benzene rings is 2. The van der Waals surface area contributed by atoms with E-state index in [9.17, 15) is 5.11 Å². The highest BCUT2D eigenvalue weighted by atomic mass is 16.3. The number of fused-ring (bicyclic) bond motifs is 1. The molecular formula is C19H22N2O. The molecule has 0 aliphatic rings. The number of nitrogens with zero attached hydrogens (tertiary/aromatic N) is 2. The number of rotatable bonds is 2. The van der Waals surface area contributed by atoms with E-state index in [1.807, 2.05) is 28.8 Å². The Kier molecular flexibility index (Phi) is 3.53. The molecule has 0 spiro atoms. The SMILES string of the molecule is CC(O)c1nc2ccccc2n1-c1ccc(C(C)(C)C)cc1. The average Bonchev–Trinajstić information content (AvgIpc) is 2.86. The van der Waals surface area contributed by atoms with Crippen molar-refractivity contribution in [3.63, 3.8) is 0 Å². The van der Waals surface area contributed by atoms with Crippen molar-refractivity contribution < 1.29 is 5.11 Å². The Bertz CT molecular complexity index is 792. The predicted octanol–water partition coefficient (Wildman–Crippen LogP) is 4.38. The summed E-state index contributed by atoms with van der Waals surface area (Å²) in [5, 5.41) is 10.1. The second kappa shape index (κ2) is 5.25. The fraction of sp³-hybridized carbons (Fsp3) is 0.316. The third-order valence-electron chi connectivity index (χ3n) is 3.95. The molecule has 0 aliphatic heterocycles. The van der Waals surface area contributed by atoms with E-state index in [0.717, 1.165) is 16.7 Å². The number of hydrogen-bond acceptors (Lipinski definition) is 2. The number of hydrogen-bond donors (Lipinski definition) is 1. The zero-order valence-electron chi connectivity index (χ0n) is 13.5. The summed E-state index contributed by atoms with van der Waals surface area (Å²) < 4.78 is 2.03. The van der Waals surface area contributed by atoms with Crippen LogP contribution in [-0.2, 0) is 5.41 Å². The van der Waals surface area contributed by atoms with Gasteiger partial charge in [0.25, 0.3) is 0 Å². The second-order valence-corrected chi connectivity index (χ2v) is 6.77. The third kappa shape index (κ3) is 2.53. The Labute approximate surface area is 131 Å². The van der Waals surface area contributed by atoms with Gasteiger partial charge in [-0.25, -0.2) is 4.98 Å². The molecule has 0 fully saturated rings. The van der Waals surface area contributed by atoms with Crippen LogP contribution in [0.1, 0.15) is 45.2 Å². The Hall–Kier alpha value is -2.13. The summed E-state index contributed by atoms with van der Waals surface area (Å²) >= 11 is 0. The highest BCUT2D eigenvalue weighted by Gasteiger charge is 2.17. The molecule has 0 aliphatic carbocycles. The number of aliphatic hydroxyl groups excluding tert-OH is 1. The smallest absolute Gasteiger partial charge is 0.143 e. The summed E-state index contributed by atoms with van der Waals surface area (Å²) in [6.07, 6.45) is -0.616. The maximum Gasteiger partial charge on any atom is 0.143 e. The lowest BCUT2D eigenvalue weighted by Gasteiger charge is -2.20. The first-order valence-corrected chi connectivity index (χ1v) is 7.64. The van der Waals surface area contributed by atoms with Gasteiger partial charge in [-0.15, -0.1) is 0 Å². The summed E-state index contributed by atoms with van der Waals surface area (Å²) in [4.78, 5) is 4.57. The Morgan fingerprint density at radius 2 is 1.64 bits per heavy atom. The van der Waals surface area contributed by atoms with E-state index in [2.05, 4.69) is 50.0 Å². The molecule has 22 heavy (non-hydrogen) atoms. The molecule has 1 atom stereocenters. The van der Waals surface area contributed by atoms with Gasteiger partial charge in [0.05, 0.1) is 11.0 Å².